The Labute approximate surface area is 129 Å². The molecule has 0 bridgehead atoms. The molecule has 2 atom stereocenters. The van der Waals surface area contributed by atoms with Gasteiger partial charge in [-0.25, -0.2) is 8.42 Å². The van der Waals surface area contributed by atoms with Gasteiger partial charge in [-0.2, -0.15) is 0 Å². The molecule has 1 spiro atoms. The molecule has 0 aromatic carbocycles. The predicted octanol–water partition coefficient (Wildman–Crippen LogP) is 1.81. The van der Waals surface area contributed by atoms with Crippen molar-refractivity contribution in [3.8, 4) is 0 Å². The summed E-state index contributed by atoms with van der Waals surface area (Å²) in [6, 6.07) is 0.453. The van der Waals surface area contributed by atoms with E-state index in [0.717, 1.165) is 19.5 Å². The van der Waals surface area contributed by atoms with Gasteiger partial charge < -0.3 is 5.32 Å². The molecule has 0 amide bonds. The van der Waals surface area contributed by atoms with E-state index in [0.29, 0.717) is 23.5 Å². The molecule has 3 rings (SSSR count). The van der Waals surface area contributed by atoms with E-state index in [1.165, 1.54) is 25.7 Å². The lowest BCUT2D eigenvalue weighted by molar-refractivity contribution is -0.0134. The van der Waals surface area contributed by atoms with Crippen LogP contribution in [0.4, 0.5) is 0 Å². The highest BCUT2D eigenvalue weighted by atomic mass is 32.2. The monoisotopic (exact) mass is 314 g/mol. The smallest absolute Gasteiger partial charge is 0.152 e. The number of rotatable bonds is 2. The second-order valence-electron chi connectivity index (χ2n) is 8.15. The van der Waals surface area contributed by atoms with Gasteiger partial charge in [0.15, 0.2) is 9.84 Å². The fourth-order valence-electron chi connectivity index (χ4n) is 4.72. The number of hydrogen-bond acceptors (Lipinski definition) is 4. The Morgan fingerprint density at radius 1 is 1.19 bits per heavy atom. The molecule has 3 fully saturated rings. The first-order valence-corrected chi connectivity index (χ1v) is 10.3. The Morgan fingerprint density at radius 3 is 2.38 bits per heavy atom. The van der Waals surface area contributed by atoms with Gasteiger partial charge in [0.1, 0.15) is 0 Å². The van der Waals surface area contributed by atoms with E-state index >= 15 is 0 Å². The van der Waals surface area contributed by atoms with Gasteiger partial charge in [0.25, 0.3) is 0 Å². The highest BCUT2D eigenvalue weighted by Gasteiger charge is 2.51. The summed E-state index contributed by atoms with van der Waals surface area (Å²) in [5, 5.41) is 3.83. The number of piperazine rings is 1. The molecule has 0 radical (unpaired) electrons. The molecule has 122 valence electrons. The van der Waals surface area contributed by atoms with Crippen molar-refractivity contribution in [3.63, 3.8) is 0 Å². The first-order valence-electron chi connectivity index (χ1n) is 8.48. The highest BCUT2D eigenvalue weighted by Crippen LogP contribution is 2.40. The molecule has 2 aliphatic heterocycles. The van der Waals surface area contributed by atoms with Crippen LogP contribution in [0.25, 0.3) is 0 Å². The normalized spacial score (nSPS) is 39.3. The molecule has 1 aliphatic carbocycles. The maximum absolute atomic E-state index is 12.0. The van der Waals surface area contributed by atoms with Crippen molar-refractivity contribution in [2.45, 2.75) is 70.0 Å². The topological polar surface area (TPSA) is 49.4 Å². The zero-order valence-corrected chi connectivity index (χ0v) is 14.5. The van der Waals surface area contributed by atoms with Crippen LogP contribution in [-0.4, -0.2) is 55.0 Å². The Morgan fingerprint density at radius 2 is 1.86 bits per heavy atom. The third-order valence-electron chi connectivity index (χ3n) is 6.07. The fourth-order valence-corrected chi connectivity index (χ4v) is 6.88. The van der Waals surface area contributed by atoms with E-state index in [2.05, 4.69) is 31.0 Å². The van der Waals surface area contributed by atoms with Crippen LogP contribution in [0.1, 0.15) is 52.9 Å². The van der Waals surface area contributed by atoms with Gasteiger partial charge >= 0.3 is 0 Å². The van der Waals surface area contributed by atoms with Crippen molar-refractivity contribution in [3.05, 3.63) is 0 Å². The van der Waals surface area contributed by atoms with E-state index in [-0.39, 0.29) is 11.1 Å². The molecule has 0 aromatic heterocycles. The van der Waals surface area contributed by atoms with E-state index in [4.69, 9.17) is 0 Å². The van der Waals surface area contributed by atoms with Crippen molar-refractivity contribution >= 4 is 9.84 Å². The average Bonchev–Trinajstić information content (AvgIpc) is 2.95. The quantitative estimate of drug-likeness (QED) is 0.844. The van der Waals surface area contributed by atoms with Crippen LogP contribution in [0, 0.1) is 5.92 Å². The number of sulfone groups is 1. The second kappa shape index (κ2) is 5.20. The summed E-state index contributed by atoms with van der Waals surface area (Å²) in [7, 11) is -2.85. The molecule has 3 aliphatic rings. The first kappa shape index (κ1) is 15.8. The van der Waals surface area contributed by atoms with Crippen LogP contribution in [0.3, 0.4) is 0 Å². The van der Waals surface area contributed by atoms with E-state index < -0.39 is 9.84 Å². The summed E-state index contributed by atoms with van der Waals surface area (Å²) in [5.74, 6) is 1.27. The first-order chi connectivity index (χ1) is 9.75. The minimum absolute atomic E-state index is 0.161. The molecular formula is C16H30N2O2S. The summed E-state index contributed by atoms with van der Waals surface area (Å²) in [5.41, 5.74) is 0.0895. The zero-order valence-electron chi connectivity index (χ0n) is 13.7. The molecule has 1 saturated carbocycles. The van der Waals surface area contributed by atoms with Gasteiger partial charge in [0, 0.05) is 30.2 Å². The lowest BCUT2D eigenvalue weighted by Gasteiger charge is -2.54. The van der Waals surface area contributed by atoms with Gasteiger partial charge in [0.05, 0.1) is 11.5 Å². The molecule has 1 N–H and O–H groups in total. The second-order valence-corrected chi connectivity index (χ2v) is 10.3. The fraction of sp³-hybridized carbons (Fsp3) is 1.00. The van der Waals surface area contributed by atoms with Crippen LogP contribution in [0.5, 0.6) is 0 Å². The standard InChI is InChI=1S/C16H30N2O2S/c1-13(2)14-10-17-16(6-4-5-7-16)11-18(14)15(3)8-9-21(19,20)12-15/h13-14,17H,4-12H2,1-3H3. The molecular weight excluding hydrogens is 284 g/mol. The van der Waals surface area contributed by atoms with E-state index in [1.807, 2.05) is 0 Å². The third kappa shape index (κ3) is 2.89. The van der Waals surface area contributed by atoms with Crippen molar-refractivity contribution in [2.24, 2.45) is 5.92 Å². The number of nitrogens with zero attached hydrogens (tertiary/aromatic N) is 1. The lowest BCUT2D eigenvalue weighted by atomic mass is 9.84. The Kier molecular flexibility index (Phi) is 3.90. The molecule has 2 unspecified atom stereocenters. The summed E-state index contributed by atoms with van der Waals surface area (Å²) in [6.07, 6.45) is 5.91. The van der Waals surface area contributed by atoms with Crippen LogP contribution < -0.4 is 5.32 Å². The molecule has 0 aromatic rings. The van der Waals surface area contributed by atoms with Crippen molar-refractivity contribution < 1.29 is 8.42 Å². The average molecular weight is 314 g/mol. The van der Waals surface area contributed by atoms with Crippen molar-refractivity contribution in [1.29, 1.82) is 0 Å². The molecule has 2 heterocycles. The summed E-state index contributed by atoms with van der Waals surface area (Å²) in [6.45, 7) is 8.74. The zero-order chi connectivity index (χ0) is 15.3. The maximum Gasteiger partial charge on any atom is 0.152 e. The Bertz CT molecular complexity index is 496. The van der Waals surface area contributed by atoms with Gasteiger partial charge in [-0.15, -0.1) is 0 Å². The Balaban J connectivity index is 1.87. The van der Waals surface area contributed by atoms with E-state index in [9.17, 15) is 8.42 Å². The van der Waals surface area contributed by atoms with Gasteiger partial charge in [-0.1, -0.05) is 26.7 Å². The molecule has 4 nitrogen and oxygen atoms in total. The predicted molar refractivity (Wildman–Crippen MR) is 86.2 cm³/mol. The molecule has 21 heavy (non-hydrogen) atoms. The highest BCUT2D eigenvalue weighted by molar-refractivity contribution is 7.91. The number of nitrogens with one attached hydrogen (secondary N) is 1. The van der Waals surface area contributed by atoms with Crippen molar-refractivity contribution in [1.82, 2.24) is 10.2 Å². The SMILES string of the molecule is CC(C)C1CNC2(CCCC2)CN1C1(C)CCS(=O)(=O)C1. The number of hydrogen-bond donors (Lipinski definition) is 1. The lowest BCUT2D eigenvalue weighted by Crippen LogP contribution is -2.69. The van der Waals surface area contributed by atoms with Crippen molar-refractivity contribution in [2.75, 3.05) is 24.6 Å². The summed E-state index contributed by atoms with van der Waals surface area (Å²) < 4.78 is 24.1. The van der Waals surface area contributed by atoms with Gasteiger partial charge in [0.2, 0.25) is 0 Å². The van der Waals surface area contributed by atoms with Gasteiger partial charge in [-0.05, 0) is 32.1 Å². The summed E-state index contributed by atoms with van der Waals surface area (Å²) >= 11 is 0. The minimum Gasteiger partial charge on any atom is -0.308 e. The third-order valence-corrected chi connectivity index (χ3v) is 7.95. The Hall–Kier alpha value is -0.130. The minimum atomic E-state index is -2.85. The molecule has 5 heteroatoms. The van der Waals surface area contributed by atoms with Crippen LogP contribution >= 0.6 is 0 Å². The van der Waals surface area contributed by atoms with E-state index in [1.54, 1.807) is 0 Å². The van der Waals surface area contributed by atoms with Crippen LogP contribution in [0.2, 0.25) is 0 Å². The van der Waals surface area contributed by atoms with Crippen LogP contribution in [-0.2, 0) is 9.84 Å². The summed E-state index contributed by atoms with van der Waals surface area (Å²) in [4.78, 5) is 2.57. The van der Waals surface area contributed by atoms with Gasteiger partial charge in [-0.3, -0.25) is 4.90 Å². The maximum atomic E-state index is 12.0. The van der Waals surface area contributed by atoms with Crippen LogP contribution in [0.15, 0.2) is 0 Å². The molecule has 2 saturated heterocycles. The largest absolute Gasteiger partial charge is 0.308 e.